The molecule has 8 aromatic rings. The number of hydrogen-bond acceptors (Lipinski definition) is 6. The zero-order valence-corrected chi connectivity index (χ0v) is 39.7. The molecule has 9 heteroatoms. The largest absolute Gasteiger partial charge is 0.325 e. The van der Waals surface area contributed by atoms with Crippen LogP contribution in [0.25, 0.3) is 44.8 Å². The number of anilines is 3. The molecule has 0 saturated heterocycles. The van der Waals surface area contributed by atoms with Crippen LogP contribution in [0.2, 0.25) is 0 Å². The first-order chi connectivity index (χ1) is 34.3. The van der Waals surface area contributed by atoms with Gasteiger partial charge in [0.1, 0.15) is 0 Å². The van der Waals surface area contributed by atoms with Crippen LogP contribution < -0.4 is 16.0 Å². The van der Waals surface area contributed by atoms with Crippen molar-refractivity contribution in [2.24, 2.45) is 0 Å². The van der Waals surface area contributed by atoms with Crippen molar-refractivity contribution in [3.05, 3.63) is 204 Å². The maximum Gasteiger partial charge on any atom is 0.224 e. The molecule has 3 aromatic heterocycles. The molecule has 3 heterocycles. The van der Waals surface area contributed by atoms with E-state index in [2.05, 4.69) is 136 Å². The Bertz CT molecular complexity index is 3020. The summed E-state index contributed by atoms with van der Waals surface area (Å²) in [4.78, 5) is 51.4. The summed E-state index contributed by atoms with van der Waals surface area (Å²) in [6.45, 7) is 2.11. The molecule has 1 fully saturated rings. The van der Waals surface area contributed by atoms with Gasteiger partial charge in [0.25, 0.3) is 0 Å². The molecule has 0 bridgehead atoms. The van der Waals surface area contributed by atoms with Crippen LogP contribution in [0, 0.1) is 6.92 Å². The second kappa shape index (κ2) is 22.8. The van der Waals surface area contributed by atoms with E-state index >= 15 is 0 Å². The van der Waals surface area contributed by atoms with E-state index in [1.807, 2.05) is 42.5 Å². The fourth-order valence-corrected chi connectivity index (χ4v) is 8.78. The second-order valence-corrected chi connectivity index (χ2v) is 18.3. The fraction of sp³-hybridized carbons (Fsp3) is 0.213. The van der Waals surface area contributed by atoms with Gasteiger partial charge in [0.15, 0.2) is 0 Å². The zero-order valence-electron chi connectivity index (χ0n) is 39.7. The molecular formula is C61H58N6O3. The first kappa shape index (κ1) is 47.0. The quantitative estimate of drug-likeness (QED) is 0.0699. The average Bonchev–Trinajstić information content (AvgIpc) is 4.24. The third-order valence-electron chi connectivity index (χ3n) is 12.9. The molecule has 5 aromatic carbocycles. The van der Waals surface area contributed by atoms with Gasteiger partial charge in [-0.25, -0.2) is 0 Å². The molecule has 9 rings (SSSR count). The van der Waals surface area contributed by atoms with Gasteiger partial charge in [-0.05, 0) is 163 Å². The van der Waals surface area contributed by atoms with E-state index in [4.69, 9.17) is 4.98 Å². The standard InChI is InChI=1S/C61H58N6O3/c1-42-16-23-52(38-56(42)49-28-21-45(22-29-49)9-4-13-59(68)65-53-12-6-36-62-39-53)58-35-33-55(41-64-58)67-61(70)15-3-8-44-19-26-48(27-20-44)50-10-5-11-51(37-50)57-34-32-54(40-63-57)66-60(69)14-2-7-43-17-24-46(25-18-43)47-30-31-47/h5-6,10-12,16-29,32-41,47H,2-4,7-9,13-15,30-31H2,1H3,(H,65,68)(H,66,69)(H,67,70). The van der Waals surface area contributed by atoms with Crippen molar-refractivity contribution in [1.82, 2.24) is 15.0 Å². The number of aryl methyl sites for hydroxylation is 4. The van der Waals surface area contributed by atoms with Crippen molar-refractivity contribution in [2.75, 3.05) is 16.0 Å². The molecular weight excluding hydrogens is 865 g/mol. The molecule has 3 N–H and O–H groups in total. The summed E-state index contributed by atoms with van der Waals surface area (Å²) in [5, 5.41) is 8.91. The minimum absolute atomic E-state index is 0.00166. The van der Waals surface area contributed by atoms with E-state index in [1.165, 1.54) is 40.7 Å². The number of nitrogens with zero attached hydrogens (tertiary/aromatic N) is 3. The maximum atomic E-state index is 13.0. The SMILES string of the molecule is Cc1ccc(-c2ccc(NC(=O)CCCc3ccc(-c4cccc(-c5ccc(NC(=O)CCCc6ccc(C7CC7)cc6)cn5)c4)cc3)cn2)cc1-c1ccc(CCCC(=O)Nc2cccnc2)cc1. The van der Waals surface area contributed by atoms with Gasteiger partial charge in [-0.1, -0.05) is 103 Å². The Balaban J connectivity index is 0.698. The van der Waals surface area contributed by atoms with Gasteiger partial charge < -0.3 is 16.0 Å². The Morgan fingerprint density at radius 1 is 0.471 bits per heavy atom. The van der Waals surface area contributed by atoms with Crippen LogP contribution in [-0.4, -0.2) is 32.7 Å². The molecule has 0 spiro atoms. The zero-order chi connectivity index (χ0) is 48.1. The molecule has 1 aliphatic carbocycles. The molecule has 0 aliphatic heterocycles. The van der Waals surface area contributed by atoms with Gasteiger partial charge in [-0.2, -0.15) is 0 Å². The lowest BCUT2D eigenvalue weighted by Crippen LogP contribution is -2.11. The minimum Gasteiger partial charge on any atom is -0.325 e. The summed E-state index contributed by atoms with van der Waals surface area (Å²) in [7, 11) is 0. The van der Waals surface area contributed by atoms with E-state index in [0.717, 1.165) is 89.2 Å². The highest BCUT2D eigenvalue weighted by Gasteiger charge is 2.23. The third kappa shape index (κ3) is 13.1. The topological polar surface area (TPSA) is 126 Å². The number of carbonyl (C=O) groups excluding carboxylic acids is 3. The van der Waals surface area contributed by atoms with Crippen molar-refractivity contribution >= 4 is 34.8 Å². The lowest BCUT2D eigenvalue weighted by Gasteiger charge is -2.11. The molecule has 350 valence electrons. The van der Waals surface area contributed by atoms with Crippen molar-refractivity contribution in [1.29, 1.82) is 0 Å². The fourth-order valence-electron chi connectivity index (χ4n) is 8.78. The Morgan fingerprint density at radius 2 is 0.957 bits per heavy atom. The monoisotopic (exact) mass is 922 g/mol. The van der Waals surface area contributed by atoms with E-state index in [9.17, 15) is 14.4 Å². The lowest BCUT2D eigenvalue weighted by atomic mass is 9.95. The van der Waals surface area contributed by atoms with Crippen LogP contribution in [0.15, 0.2) is 176 Å². The van der Waals surface area contributed by atoms with Gasteiger partial charge in [-0.3, -0.25) is 29.3 Å². The smallest absolute Gasteiger partial charge is 0.224 e. The van der Waals surface area contributed by atoms with Crippen molar-refractivity contribution in [3.8, 4) is 44.8 Å². The second-order valence-electron chi connectivity index (χ2n) is 18.3. The number of amides is 3. The molecule has 0 radical (unpaired) electrons. The minimum atomic E-state index is -0.0401. The molecule has 1 saturated carbocycles. The summed E-state index contributed by atoms with van der Waals surface area (Å²) in [5.74, 6) is 0.712. The van der Waals surface area contributed by atoms with Crippen LogP contribution in [0.4, 0.5) is 17.1 Å². The Hall–Kier alpha value is -8.04. The molecule has 0 atom stereocenters. The van der Waals surface area contributed by atoms with Gasteiger partial charge in [-0.15, -0.1) is 0 Å². The Kier molecular flexibility index (Phi) is 15.3. The maximum absolute atomic E-state index is 13.0. The van der Waals surface area contributed by atoms with E-state index in [1.54, 1.807) is 30.9 Å². The number of aromatic nitrogens is 3. The molecule has 0 unspecified atom stereocenters. The predicted octanol–water partition coefficient (Wildman–Crippen LogP) is 13.6. The number of rotatable bonds is 20. The number of pyridine rings is 3. The highest BCUT2D eigenvalue weighted by molar-refractivity contribution is 5.92. The summed E-state index contributed by atoms with van der Waals surface area (Å²) >= 11 is 0. The van der Waals surface area contributed by atoms with Crippen LogP contribution in [0.3, 0.4) is 0 Å². The summed E-state index contributed by atoms with van der Waals surface area (Å²) in [5.41, 5.74) is 16.4. The molecule has 70 heavy (non-hydrogen) atoms. The Morgan fingerprint density at radius 3 is 1.46 bits per heavy atom. The molecule has 9 nitrogen and oxygen atoms in total. The third-order valence-corrected chi connectivity index (χ3v) is 12.9. The first-order valence-corrected chi connectivity index (χ1v) is 24.5. The van der Waals surface area contributed by atoms with Crippen LogP contribution >= 0.6 is 0 Å². The van der Waals surface area contributed by atoms with E-state index in [0.29, 0.717) is 36.3 Å². The highest BCUT2D eigenvalue weighted by atomic mass is 16.2. The van der Waals surface area contributed by atoms with Crippen LogP contribution in [-0.2, 0) is 33.6 Å². The summed E-state index contributed by atoms with van der Waals surface area (Å²) < 4.78 is 0. The average molecular weight is 923 g/mol. The van der Waals surface area contributed by atoms with Gasteiger partial charge in [0, 0.05) is 36.6 Å². The first-order valence-electron chi connectivity index (χ1n) is 24.5. The van der Waals surface area contributed by atoms with Crippen LogP contribution in [0.5, 0.6) is 0 Å². The van der Waals surface area contributed by atoms with Crippen LogP contribution in [0.1, 0.15) is 85.1 Å². The van der Waals surface area contributed by atoms with Gasteiger partial charge >= 0.3 is 0 Å². The molecule has 3 amide bonds. The molecule has 1 aliphatic rings. The van der Waals surface area contributed by atoms with Gasteiger partial charge in [0.05, 0.1) is 47.0 Å². The summed E-state index contributed by atoms with van der Waals surface area (Å²) in [6, 6.07) is 52.0. The highest BCUT2D eigenvalue weighted by Crippen LogP contribution is 2.40. The van der Waals surface area contributed by atoms with Crippen molar-refractivity contribution < 1.29 is 14.4 Å². The predicted molar refractivity (Wildman–Crippen MR) is 282 cm³/mol. The van der Waals surface area contributed by atoms with Crippen molar-refractivity contribution in [3.63, 3.8) is 0 Å². The Labute approximate surface area is 410 Å². The van der Waals surface area contributed by atoms with Gasteiger partial charge in [0.2, 0.25) is 17.7 Å². The van der Waals surface area contributed by atoms with E-state index < -0.39 is 0 Å². The number of carbonyl (C=O) groups is 3. The number of benzene rings is 5. The lowest BCUT2D eigenvalue weighted by molar-refractivity contribution is -0.117. The number of hydrogen-bond donors (Lipinski definition) is 3. The normalized spacial score (nSPS) is 12.0. The number of nitrogens with one attached hydrogen (secondary N) is 3. The summed E-state index contributed by atoms with van der Waals surface area (Å²) in [6.07, 6.45) is 15.5. The van der Waals surface area contributed by atoms with Crippen molar-refractivity contribution in [2.45, 2.75) is 83.5 Å². The van der Waals surface area contributed by atoms with E-state index in [-0.39, 0.29) is 17.7 Å².